The van der Waals surface area contributed by atoms with Crippen LogP contribution in [0.1, 0.15) is 101 Å². The molecule has 3 aromatic heterocycles. The van der Waals surface area contributed by atoms with Crippen LogP contribution in [0.2, 0.25) is 0 Å². The molecule has 3 rings (SSSR count). The van der Waals surface area contributed by atoms with Crippen LogP contribution in [0, 0.1) is 0 Å². The van der Waals surface area contributed by atoms with E-state index >= 15 is 0 Å². The molecule has 170 valence electrons. The highest BCUT2D eigenvalue weighted by molar-refractivity contribution is 4.91. The van der Waals surface area contributed by atoms with E-state index in [-0.39, 0.29) is 29.7 Å². The largest absolute Gasteiger partial charge is 0.352 e. The molecule has 29 heavy (non-hydrogen) atoms. The van der Waals surface area contributed by atoms with Gasteiger partial charge in [0.25, 0.3) is 0 Å². The molecule has 0 amide bonds. The highest BCUT2D eigenvalue weighted by Crippen LogP contribution is 2.04. The molecule has 0 aliphatic heterocycles. The number of tetrazole rings is 2. The van der Waals surface area contributed by atoms with Crippen molar-refractivity contribution in [3.63, 3.8) is 0 Å². The minimum Gasteiger partial charge on any atom is -0.352 e. The topological polar surface area (TPSA) is 103 Å². The Labute approximate surface area is 178 Å². The first kappa shape index (κ1) is 34.0. The summed E-state index contributed by atoms with van der Waals surface area (Å²) in [7, 11) is 1.76. The van der Waals surface area contributed by atoms with Gasteiger partial charge in [0.1, 0.15) is 0 Å². The summed E-state index contributed by atoms with van der Waals surface area (Å²) in [6.45, 7) is 12.4. The van der Waals surface area contributed by atoms with Crippen LogP contribution in [0.5, 0.6) is 0 Å². The number of H-pyrrole nitrogens is 1. The summed E-state index contributed by atoms with van der Waals surface area (Å²) in [5.74, 6) is 2.31. The van der Waals surface area contributed by atoms with Crippen molar-refractivity contribution in [3.05, 3.63) is 36.2 Å². The molecule has 3 aromatic rings. The third kappa shape index (κ3) is 13.3. The molecule has 3 heterocycles. The third-order valence-corrected chi connectivity index (χ3v) is 3.14. The second-order valence-electron chi connectivity index (χ2n) is 6.44. The van der Waals surface area contributed by atoms with Gasteiger partial charge < -0.3 is 4.57 Å². The molecule has 0 fully saturated rings. The molecule has 0 aliphatic rings. The van der Waals surface area contributed by atoms with Gasteiger partial charge in [-0.2, -0.15) is 10.0 Å². The molecule has 0 saturated heterocycles. The third-order valence-electron chi connectivity index (χ3n) is 3.14. The monoisotopic (exact) mass is 411 g/mol. The van der Waals surface area contributed by atoms with Gasteiger partial charge in [0.2, 0.25) is 0 Å². The fraction of sp³-hybridized carbons (Fsp3) is 0.700. The lowest BCUT2D eigenvalue weighted by atomic mass is 10.2. The van der Waals surface area contributed by atoms with Crippen LogP contribution in [0.3, 0.4) is 0 Å². The maximum atomic E-state index is 4.00. The molecule has 0 bridgehead atoms. The SMILES string of the molecule is C.C.C.C.CC(C)c1nn[nH]n1.CC(C)c1nnn(C)n1.CC(C)n1cccc1. The van der Waals surface area contributed by atoms with E-state index in [2.05, 4.69) is 66.8 Å². The van der Waals surface area contributed by atoms with Gasteiger partial charge in [0, 0.05) is 30.3 Å². The van der Waals surface area contributed by atoms with Crippen molar-refractivity contribution in [2.45, 2.75) is 89.1 Å². The summed E-state index contributed by atoms with van der Waals surface area (Å²) >= 11 is 0. The van der Waals surface area contributed by atoms with Crippen LogP contribution in [0.4, 0.5) is 0 Å². The molecule has 0 radical (unpaired) electrons. The summed E-state index contributed by atoms with van der Waals surface area (Å²) in [4.78, 5) is 1.47. The summed E-state index contributed by atoms with van der Waals surface area (Å²) < 4.78 is 2.17. The van der Waals surface area contributed by atoms with Gasteiger partial charge in [-0.25, -0.2) is 0 Å². The highest BCUT2D eigenvalue weighted by Gasteiger charge is 2.03. The number of nitrogens with one attached hydrogen (secondary N) is 1. The maximum absolute atomic E-state index is 4.00. The van der Waals surface area contributed by atoms with E-state index in [0.29, 0.717) is 17.9 Å². The van der Waals surface area contributed by atoms with Crippen LogP contribution in [-0.4, -0.2) is 45.4 Å². The Kier molecular flexibility index (Phi) is 20.5. The van der Waals surface area contributed by atoms with Gasteiger partial charge in [-0.05, 0) is 31.2 Å². The van der Waals surface area contributed by atoms with Gasteiger partial charge >= 0.3 is 0 Å². The Balaban J connectivity index is -0.000000151. The van der Waals surface area contributed by atoms with Gasteiger partial charge in [-0.1, -0.05) is 62.6 Å². The lowest BCUT2D eigenvalue weighted by molar-refractivity contribution is 0.604. The normalized spacial score (nSPS) is 9.03. The number of hydrogen-bond donors (Lipinski definition) is 1. The van der Waals surface area contributed by atoms with Crippen LogP contribution in [0.15, 0.2) is 24.5 Å². The highest BCUT2D eigenvalue weighted by atomic mass is 15.6. The average Bonchev–Trinajstić information content (AvgIpc) is 3.31. The minimum absolute atomic E-state index is 0. The molecule has 0 atom stereocenters. The molecule has 9 heteroatoms. The zero-order valence-corrected chi connectivity index (χ0v) is 16.1. The Hall–Kier alpha value is -2.58. The Morgan fingerprint density at radius 1 is 0.793 bits per heavy atom. The van der Waals surface area contributed by atoms with Crippen molar-refractivity contribution in [1.82, 2.24) is 45.4 Å². The van der Waals surface area contributed by atoms with E-state index in [1.807, 2.05) is 39.8 Å². The number of hydrogen-bond acceptors (Lipinski definition) is 6. The van der Waals surface area contributed by atoms with Crippen LogP contribution in [0.25, 0.3) is 0 Å². The van der Waals surface area contributed by atoms with Crippen molar-refractivity contribution in [3.8, 4) is 0 Å². The predicted molar refractivity (Wildman–Crippen MR) is 123 cm³/mol. The zero-order chi connectivity index (χ0) is 18.8. The second-order valence-corrected chi connectivity index (χ2v) is 6.44. The molecule has 0 saturated carbocycles. The van der Waals surface area contributed by atoms with Crippen molar-refractivity contribution in [2.24, 2.45) is 7.05 Å². The molecular formula is C20H45N9. The minimum atomic E-state index is 0. The molecule has 9 nitrogen and oxygen atoms in total. The van der Waals surface area contributed by atoms with E-state index in [1.165, 1.54) is 4.80 Å². The maximum Gasteiger partial charge on any atom is 0.177 e. The second kappa shape index (κ2) is 17.5. The first-order valence-corrected chi connectivity index (χ1v) is 8.40. The fourth-order valence-corrected chi connectivity index (χ4v) is 1.64. The molecular weight excluding hydrogens is 366 g/mol. The number of aromatic amines is 1. The van der Waals surface area contributed by atoms with Crippen molar-refractivity contribution in [1.29, 1.82) is 0 Å². The van der Waals surface area contributed by atoms with Gasteiger partial charge in [0.05, 0.1) is 7.05 Å². The summed E-state index contributed by atoms with van der Waals surface area (Å²) in [6, 6.07) is 4.69. The van der Waals surface area contributed by atoms with E-state index in [1.54, 1.807) is 7.05 Å². The van der Waals surface area contributed by atoms with Crippen molar-refractivity contribution < 1.29 is 0 Å². The Morgan fingerprint density at radius 2 is 1.31 bits per heavy atom. The van der Waals surface area contributed by atoms with E-state index in [4.69, 9.17) is 0 Å². The molecule has 0 aromatic carbocycles. The Bertz CT molecular complexity index is 630. The standard InChI is InChI=1S/C7H11N.C5H10N4.C4H8N4.4CH4/c1-7(2)8-5-3-4-6-8;1-4(2)5-6-8-9(3)7-5;1-3(2)4-5-7-8-6-4;;;;/h3-7H,1-2H3;4H,1-3H3;3H,1-2H3,(H,5,6,7,8);4*1H4. The number of aromatic nitrogens is 9. The number of aryl methyl sites for hydroxylation is 1. The lowest BCUT2D eigenvalue weighted by Gasteiger charge is -2.03. The first-order chi connectivity index (χ1) is 11.8. The quantitative estimate of drug-likeness (QED) is 0.629. The molecule has 0 aliphatic carbocycles. The molecule has 0 spiro atoms. The van der Waals surface area contributed by atoms with E-state index in [9.17, 15) is 0 Å². The summed E-state index contributed by atoms with van der Waals surface area (Å²) in [5, 5.41) is 24.8. The summed E-state index contributed by atoms with van der Waals surface area (Å²) in [5.41, 5.74) is 0. The first-order valence-electron chi connectivity index (χ1n) is 8.40. The van der Waals surface area contributed by atoms with Crippen LogP contribution < -0.4 is 0 Å². The van der Waals surface area contributed by atoms with Crippen molar-refractivity contribution >= 4 is 0 Å². The van der Waals surface area contributed by atoms with E-state index in [0.717, 1.165) is 11.6 Å². The number of rotatable bonds is 3. The fourth-order valence-electron chi connectivity index (χ4n) is 1.64. The van der Waals surface area contributed by atoms with Gasteiger partial charge in [-0.15, -0.1) is 20.4 Å². The van der Waals surface area contributed by atoms with Crippen LogP contribution >= 0.6 is 0 Å². The number of nitrogens with zero attached hydrogens (tertiary/aromatic N) is 8. The molecule has 0 unspecified atom stereocenters. The van der Waals surface area contributed by atoms with Crippen LogP contribution in [-0.2, 0) is 7.05 Å². The van der Waals surface area contributed by atoms with Crippen molar-refractivity contribution in [2.75, 3.05) is 0 Å². The Morgan fingerprint density at radius 3 is 1.52 bits per heavy atom. The smallest absolute Gasteiger partial charge is 0.177 e. The summed E-state index contributed by atoms with van der Waals surface area (Å²) in [6.07, 6.45) is 4.15. The predicted octanol–water partition coefficient (Wildman–Crippen LogP) is 5.27. The lowest BCUT2D eigenvalue weighted by Crippen LogP contribution is -1.94. The van der Waals surface area contributed by atoms with Gasteiger partial charge in [-0.3, -0.25) is 0 Å². The van der Waals surface area contributed by atoms with E-state index < -0.39 is 0 Å². The molecule has 1 N–H and O–H groups in total. The van der Waals surface area contributed by atoms with Gasteiger partial charge in [0.15, 0.2) is 11.6 Å². The zero-order valence-electron chi connectivity index (χ0n) is 16.1. The average molecular weight is 412 g/mol.